The molecule has 1 aliphatic rings. The molecule has 1 unspecified atom stereocenters. The largest absolute Gasteiger partial charge is 0.595 e. The van der Waals surface area contributed by atoms with Gasteiger partial charge in [0.05, 0.1) is 12.1 Å². The Bertz CT molecular complexity index is 1000. The topological polar surface area (TPSA) is 98.0 Å². The third-order valence-electron chi connectivity index (χ3n) is 4.24. The second-order valence-corrected chi connectivity index (χ2v) is 5.79. The molecule has 0 saturated heterocycles. The molecule has 1 aromatic heterocycles. The number of pyridine rings is 1. The van der Waals surface area contributed by atoms with Gasteiger partial charge in [0.15, 0.2) is 5.69 Å². The molecule has 2 amide bonds. The van der Waals surface area contributed by atoms with E-state index in [9.17, 15) is 20.0 Å². The van der Waals surface area contributed by atoms with Gasteiger partial charge in [-0.05, 0) is 23.1 Å². The molecule has 0 saturated carbocycles. The number of aromatic nitrogens is 1. The Morgan fingerprint density at radius 3 is 2.60 bits per heavy atom. The zero-order valence-electron chi connectivity index (χ0n) is 13.0. The zero-order chi connectivity index (χ0) is 17.6. The van der Waals surface area contributed by atoms with E-state index in [1.54, 1.807) is 42.7 Å². The van der Waals surface area contributed by atoms with Gasteiger partial charge in [-0.2, -0.15) is 5.23 Å². The summed E-state index contributed by atoms with van der Waals surface area (Å²) in [5, 5.41) is 20.6. The predicted molar refractivity (Wildman–Crippen MR) is 88.2 cm³/mol. The van der Waals surface area contributed by atoms with Crippen LogP contribution in [0.3, 0.4) is 0 Å². The van der Waals surface area contributed by atoms with Gasteiger partial charge in [-0.15, -0.1) is 0 Å². The Balaban J connectivity index is 1.88. The molecular formula is C18H13N3O4. The number of imide groups is 1. The number of nitrogens with one attached hydrogen (secondary N) is 1. The number of hydrogen-bond donors (Lipinski definition) is 2. The third kappa shape index (κ3) is 2.47. The highest BCUT2D eigenvalue weighted by atomic mass is 16.8. The lowest BCUT2D eigenvalue weighted by Crippen LogP contribution is -2.99. The Kier molecular flexibility index (Phi) is 3.54. The van der Waals surface area contributed by atoms with Crippen LogP contribution in [0.25, 0.3) is 10.8 Å². The van der Waals surface area contributed by atoms with Crippen LogP contribution in [-0.2, 0) is 6.54 Å². The van der Waals surface area contributed by atoms with Crippen molar-refractivity contribution in [3.63, 3.8) is 0 Å². The molecule has 0 aliphatic carbocycles. The number of quaternary nitrogens is 1. The first-order chi connectivity index (χ1) is 12.1. The Labute approximate surface area is 142 Å². The summed E-state index contributed by atoms with van der Waals surface area (Å²) in [5.41, 5.74) is 1.36. The molecule has 0 bridgehead atoms. The number of benzene rings is 2. The molecule has 3 aromatic rings. The normalized spacial score (nSPS) is 14.9. The maximum Gasteiger partial charge on any atom is 0.261 e. The van der Waals surface area contributed by atoms with E-state index in [0.717, 1.165) is 4.90 Å². The molecule has 7 nitrogen and oxygen atoms in total. The monoisotopic (exact) mass is 335 g/mol. The van der Waals surface area contributed by atoms with Crippen LogP contribution in [0, 0.1) is 5.21 Å². The maximum atomic E-state index is 12.9. The van der Waals surface area contributed by atoms with Crippen molar-refractivity contribution in [1.82, 2.24) is 9.88 Å². The lowest BCUT2D eigenvalue weighted by atomic mass is 9.93. The molecule has 0 radical (unpaired) electrons. The predicted octanol–water partition coefficient (Wildman–Crippen LogP) is 1.43. The van der Waals surface area contributed by atoms with Crippen LogP contribution in [0.2, 0.25) is 0 Å². The second-order valence-electron chi connectivity index (χ2n) is 5.79. The van der Waals surface area contributed by atoms with Crippen LogP contribution >= 0.6 is 0 Å². The summed E-state index contributed by atoms with van der Waals surface area (Å²) in [4.78, 5) is 30.8. The molecule has 124 valence electrons. The van der Waals surface area contributed by atoms with Crippen LogP contribution in [0.5, 0.6) is 0 Å². The second kappa shape index (κ2) is 5.75. The Morgan fingerprint density at radius 1 is 1.08 bits per heavy atom. The molecule has 2 heterocycles. The summed E-state index contributed by atoms with van der Waals surface area (Å²) in [6, 6.07) is 11.3. The van der Waals surface area contributed by atoms with E-state index in [1.165, 1.54) is 12.1 Å². The SMILES string of the molecule is O=C1c2cccc3cc([NH+]([O-])O)cc(c23)C(=O)N1Cc1cccnc1. The lowest BCUT2D eigenvalue weighted by Gasteiger charge is -2.27. The molecule has 4 rings (SSSR count). The molecule has 2 N–H and O–H groups in total. The van der Waals surface area contributed by atoms with Gasteiger partial charge in [0, 0.05) is 35.5 Å². The van der Waals surface area contributed by atoms with Crippen LogP contribution in [0.4, 0.5) is 5.69 Å². The summed E-state index contributed by atoms with van der Waals surface area (Å²) < 4.78 is 0. The smallest absolute Gasteiger partial charge is 0.261 e. The minimum absolute atomic E-state index is 0.0173. The van der Waals surface area contributed by atoms with Crippen LogP contribution in [0.15, 0.2) is 54.9 Å². The van der Waals surface area contributed by atoms with Crippen molar-refractivity contribution >= 4 is 28.3 Å². The van der Waals surface area contributed by atoms with Gasteiger partial charge in [-0.25, -0.2) is 5.21 Å². The fraction of sp³-hybridized carbons (Fsp3) is 0.0556. The Hall–Kier alpha value is -3.13. The first-order valence-corrected chi connectivity index (χ1v) is 7.61. The average molecular weight is 335 g/mol. The highest BCUT2D eigenvalue weighted by Gasteiger charge is 2.33. The molecule has 7 heteroatoms. The highest BCUT2D eigenvalue weighted by Crippen LogP contribution is 2.32. The average Bonchev–Trinajstić information content (AvgIpc) is 2.63. The van der Waals surface area contributed by atoms with Crippen molar-refractivity contribution in [3.8, 4) is 0 Å². The van der Waals surface area contributed by atoms with E-state index in [2.05, 4.69) is 4.98 Å². The van der Waals surface area contributed by atoms with Crippen LogP contribution in [0.1, 0.15) is 26.3 Å². The number of carbonyl (C=O) groups excluding carboxylic acids is 2. The van der Waals surface area contributed by atoms with E-state index in [-0.39, 0.29) is 17.8 Å². The first kappa shape index (κ1) is 15.4. The van der Waals surface area contributed by atoms with E-state index in [4.69, 9.17) is 0 Å². The van der Waals surface area contributed by atoms with Crippen LogP contribution in [-0.4, -0.2) is 26.9 Å². The number of nitrogens with zero attached hydrogens (tertiary/aromatic N) is 2. The van der Waals surface area contributed by atoms with E-state index >= 15 is 0 Å². The van der Waals surface area contributed by atoms with Crippen molar-refractivity contribution in [2.75, 3.05) is 0 Å². The lowest BCUT2D eigenvalue weighted by molar-refractivity contribution is -0.991. The van der Waals surface area contributed by atoms with Crippen molar-refractivity contribution < 1.29 is 20.0 Å². The van der Waals surface area contributed by atoms with Crippen molar-refractivity contribution in [3.05, 3.63) is 76.8 Å². The number of amides is 2. The van der Waals surface area contributed by atoms with Gasteiger partial charge in [0.1, 0.15) is 0 Å². The van der Waals surface area contributed by atoms with Gasteiger partial charge in [0.25, 0.3) is 11.8 Å². The van der Waals surface area contributed by atoms with Gasteiger partial charge in [-0.1, -0.05) is 18.2 Å². The maximum absolute atomic E-state index is 12.9. The quantitative estimate of drug-likeness (QED) is 0.557. The van der Waals surface area contributed by atoms with Crippen molar-refractivity contribution in [2.45, 2.75) is 6.54 Å². The molecule has 1 aliphatic heterocycles. The fourth-order valence-electron chi connectivity index (χ4n) is 3.10. The standard InChI is InChI=1S/C18H13N3O4/c22-17-14-5-1-4-12-7-13(21(24)25)8-15(16(12)14)18(23)20(17)10-11-3-2-6-19-9-11/h1-9,21,24H,10H2. The fourth-order valence-corrected chi connectivity index (χ4v) is 3.10. The summed E-state index contributed by atoms with van der Waals surface area (Å²) >= 11 is 0. The summed E-state index contributed by atoms with van der Waals surface area (Å²) in [5.74, 6) is -0.893. The third-order valence-corrected chi connectivity index (χ3v) is 4.24. The number of hydrogen-bond acceptors (Lipinski definition) is 5. The molecule has 0 fully saturated rings. The summed E-state index contributed by atoms with van der Waals surface area (Å²) in [7, 11) is 0. The van der Waals surface area contributed by atoms with Gasteiger partial charge >= 0.3 is 0 Å². The van der Waals surface area contributed by atoms with Crippen molar-refractivity contribution in [1.29, 1.82) is 0 Å². The van der Waals surface area contributed by atoms with E-state index in [0.29, 0.717) is 21.9 Å². The zero-order valence-corrected chi connectivity index (χ0v) is 13.0. The minimum atomic E-state index is -1.12. The molecule has 2 aromatic carbocycles. The molecular weight excluding hydrogens is 322 g/mol. The summed E-state index contributed by atoms with van der Waals surface area (Å²) in [6.45, 7) is 0.0820. The molecule has 0 spiro atoms. The first-order valence-electron chi connectivity index (χ1n) is 7.61. The number of carbonyl (C=O) groups is 2. The summed E-state index contributed by atoms with van der Waals surface area (Å²) in [6.07, 6.45) is 3.20. The molecule has 1 atom stereocenters. The van der Waals surface area contributed by atoms with Gasteiger partial charge < -0.3 is 5.21 Å². The van der Waals surface area contributed by atoms with Gasteiger partial charge in [-0.3, -0.25) is 19.5 Å². The molecule has 25 heavy (non-hydrogen) atoms. The van der Waals surface area contributed by atoms with E-state index in [1.807, 2.05) is 0 Å². The highest BCUT2D eigenvalue weighted by molar-refractivity contribution is 6.25. The van der Waals surface area contributed by atoms with Gasteiger partial charge in [0.2, 0.25) is 0 Å². The minimum Gasteiger partial charge on any atom is -0.595 e. The number of rotatable bonds is 3. The van der Waals surface area contributed by atoms with E-state index < -0.39 is 17.0 Å². The van der Waals surface area contributed by atoms with Crippen LogP contribution < -0.4 is 5.23 Å². The van der Waals surface area contributed by atoms with Crippen molar-refractivity contribution in [2.24, 2.45) is 0 Å². The Morgan fingerprint density at radius 2 is 1.88 bits per heavy atom.